The van der Waals surface area contributed by atoms with E-state index in [0.717, 1.165) is 16.8 Å². The number of aromatic nitrogens is 1. The van der Waals surface area contributed by atoms with Crippen LogP contribution in [-0.2, 0) is 11.2 Å². The van der Waals surface area contributed by atoms with E-state index in [2.05, 4.69) is 17.1 Å². The summed E-state index contributed by atoms with van der Waals surface area (Å²) in [6.45, 7) is 4.48. The maximum absolute atomic E-state index is 13.6. The predicted octanol–water partition coefficient (Wildman–Crippen LogP) is 6.81. The molecular formula is C30H29N3O3S. The minimum Gasteiger partial charge on any atom is -0.493 e. The number of para-hydroxylation sites is 2. The fraction of sp³-hybridized carbons (Fsp3) is 0.200. The van der Waals surface area contributed by atoms with E-state index in [-0.39, 0.29) is 12.0 Å². The summed E-state index contributed by atoms with van der Waals surface area (Å²) in [5.74, 6) is 1.26. The summed E-state index contributed by atoms with van der Waals surface area (Å²) in [5, 5.41) is 1.85. The number of nitrogens with one attached hydrogen (secondary N) is 1. The number of amidine groups is 1. The van der Waals surface area contributed by atoms with Gasteiger partial charge in [-0.2, -0.15) is 0 Å². The highest BCUT2D eigenvalue weighted by Crippen LogP contribution is 2.36. The van der Waals surface area contributed by atoms with Gasteiger partial charge in [0.15, 0.2) is 16.7 Å². The van der Waals surface area contributed by atoms with E-state index in [1.165, 1.54) is 22.7 Å². The quantitative estimate of drug-likeness (QED) is 0.264. The molecule has 1 aliphatic heterocycles. The second kappa shape index (κ2) is 11.0. The third-order valence-corrected chi connectivity index (χ3v) is 7.00. The molecule has 0 unspecified atom stereocenters. The predicted molar refractivity (Wildman–Crippen MR) is 152 cm³/mol. The number of methoxy groups -OCH3 is 1. The number of thioether (sulfide) groups is 1. The average Bonchev–Trinajstić information content (AvgIpc) is 3.44. The number of ether oxygens (including phenoxy) is 2. The number of fused-ring (bicyclic) bond motifs is 1. The second-order valence-corrected chi connectivity index (χ2v) is 9.99. The van der Waals surface area contributed by atoms with Crippen LogP contribution >= 0.6 is 11.8 Å². The van der Waals surface area contributed by atoms with Crippen molar-refractivity contribution in [1.29, 1.82) is 0 Å². The smallest absolute Gasteiger partial charge is 0.266 e. The van der Waals surface area contributed by atoms with Crippen molar-refractivity contribution in [3.63, 3.8) is 0 Å². The highest BCUT2D eigenvalue weighted by atomic mass is 32.2. The van der Waals surface area contributed by atoms with E-state index in [1.807, 2.05) is 86.8 Å². The van der Waals surface area contributed by atoms with Gasteiger partial charge < -0.3 is 14.5 Å². The minimum absolute atomic E-state index is 0.0348. The molecule has 0 spiro atoms. The molecule has 1 N–H and O–H groups in total. The normalized spacial score (nSPS) is 15.9. The number of amides is 1. The van der Waals surface area contributed by atoms with Crippen molar-refractivity contribution in [1.82, 2.24) is 9.88 Å². The fourth-order valence-electron chi connectivity index (χ4n) is 4.25. The molecule has 6 nitrogen and oxygen atoms in total. The Balaban J connectivity index is 1.44. The van der Waals surface area contributed by atoms with Gasteiger partial charge in [0, 0.05) is 23.6 Å². The maximum atomic E-state index is 13.6. The lowest BCUT2D eigenvalue weighted by Crippen LogP contribution is -2.31. The number of carbonyl (C=O) groups is 1. The Labute approximate surface area is 221 Å². The molecule has 0 saturated carbocycles. The van der Waals surface area contributed by atoms with Crippen molar-refractivity contribution in [2.24, 2.45) is 4.99 Å². The zero-order chi connectivity index (χ0) is 25.8. The van der Waals surface area contributed by atoms with Gasteiger partial charge >= 0.3 is 0 Å². The molecule has 3 aromatic carbocycles. The zero-order valence-corrected chi connectivity index (χ0v) is 21.9. The molecule has 37 heavy (non-hydrogen) atoms. The number of aromatic amines is 1. The van der Waals surface area contributed by atoms with Gasteiger partial charge in [-0.15, -0.1) is 0 Å². The SMILES string of the molecule is COc1cc(/C=C2/SC(=Nc3ccccc3)N(CCc3c[nH]c4ccccc34)C2=O)ccc1OC(C)C. The van der Waals surface area contributed by atoms with Crippen molar-refractivity contribution < 1.29 is 14.3 Å². The molecule has 0 bridgehead atoms. The van der Waals surface area contributed by atoms with Gasteiger partial charge in [0.25, 0.3) is 5.91 Å². The Morgan fingerprint density at radius 2 is 1.81 bits per heavy atom. The summed E-state index contributed by atoms with van der Waals surface area (Å²) in [4.78, 5) is 24.1. The van der Waals surface area contributed by atoms with E-state index in [4.69, 9.17) is 14.5 Å². The topological polar surface area (TPSA) is 66.9 Å². The lowest BCUT2D eigenvalue weighted by Gasteiger charge is -2.15. The molecule has 0 atom stereocenters. The highest BCUT2D eigenvalue weighted by molar-refractivity contribution is 8.18. The van der Waals surface area contributed by atoms with Crippen molar-refractivity contribution in [3.05, 3.63) is 95.0 Å². The van der Waals surface area contributed by atoms with Gasteiger partial charge in [-0.05, 0) is 79.6 Å². The van der Waals surface area contributed by atoms with Gasteiger partial charge in [-0.3, -0.25) is 9.69 Å². The lowest BCUT2D eigenvalue weighted by atomic mass is 10.1. The van der Waals surface area contributed by atoms with Crippen molar-refractivity contribution >= 4 is 45.5 Å². The monoisotopic (exact) mass is 511 g/mol. The van der Waals surface area contributed by atoms with E-state index in [1.54, 1.807) is 12.0 Å². The van der Waals surface area contributed by atoms with Crippen LogP contribution in [0.2, 0.25) is 0 Å². The van der Waals surface area contributed by atoms with Gasteiger partial charge in [0.05, 0.1) is 23.8 Å². The summed E-state index contributed by atoms with van der Waals surface area (Å²) >= 11 is 1.39. The number of hydrogen-bond donors (Lipinski definition) is 1. The maximum Gasteiger partial charge on any atom is 0.266 e. The fourth-order valence-corrected chi connectivity index (χ4v) is 5.27. The average molecular weight is 512 g/mol. The Kier molecular flexibility index (Phi) is 7.32. The first kappa shape index (κ1) is 24.7. The number of aliphatic imine (C=N–C) groups is 1. The molecule has 4 aromatic rings. The first-order chi connectivity index (χ1) is 18.0. The molecule has 188 valence electrons. The molecule has 1 aromatic heterocycles. The Morgan fingerprint density at radius 1 is 1.03 bits per heavy atom. The van der Waals surface area contributed by atoms with Crippen LogP contribution in [0.25, 0.3) is 17.0 Å². The number of hydrogen-bond acceptors (Lipinski definition) is 5. The molecule has 1 fully saturated rings. The number of carbonyl (C=O) groups excluding carboxylic acids is 1. The molecule has 5 rings (SSSR count). The van der Waals surface area contributed by atoms with Gasteiger partial charge in [-0.25, -0.2) is 4.99 Å². The van der Waals surface area contributed by atoms with Crippen molar-refractivity contribution in [2.75, 3.05) is 13.7 Å². The van der Waals surface area contributed by atoms with Crippen LogP contribution in [0, 0.1) is 0 Å². The first-order valence-corrected chi connectivity index (χ1v) is 13.1. The summed E-state index contributed by atoms with van der Waals surface area (Å²) in [6, 6.07) is 23.6. The third-order valence-electron chi connectivity index (χ3n) is 6.00. The molecule has 2 heterocycles. The minimum atomic E-state index is -0.0546. The lowest BCUT2D eigenvalue weighted by molar-refractivity contribution is -0.122. The number of H-pyrrole nitrogens is 1. The highest BCUT2D eigenvalue weighted by Gasteiger charge is 2.33. The van der Waals surface area contributed by atoms with E-state index in [0.29, 0.717) is 34.5 Å². The molecule has 0 aliphatic carbocycles. The number of rotatable bonds is 8. The van der Waals surface area contributed by atoms with Crippen molar-refractivity contribution in [2.45, 2.75) is 26.4 Å². The van der Waals surface area contributed by atoms with E-state index < -0.39 is 0 Å². The molecular weight excluding hydrogens is 482 g/mol. The molecule has 0 radical (unpaired) electrons. The molecule has 1 amide bonds. The van der Waals surface area contributed by atoms with Gasteiger partial charge in [-0.1, -0.05) is 42.5 Å². The van der Waals surface area contributed by atoms with Crippen LogP contribution in [0.5, 0.6) is 11.5 Å². The van der Waals surface area contributed by atoms with E-state index in [9.17, 15) is 4.79 Å². The molecule has 1 aliphatic rings. The first-order valence-electron chi connectivity index (χ1n) is 12.3. The van der Waals surface area contributed by atoms with Crippen LogP contribution in [0.4, 0.5) is 5.69 Å². The van der Waals surface area contributed by atoms with Gasteiger partial charge in [0.2, 0.25) is 0 Å². The van der Waals surface area contributed by atoms with Crippen LogP contribution in [0.1, 0.15) is 25.0 Å². The Bertz CT molecular complexity index is 1470. The van der Waals surface area contributed by atoms with Crippen molar-refractivity contribution in [3.8, 4) is 11.5 Å². The molecule has 7 heteroatoms. The van der Waals surface area contributed by atoms with Gasteiger partial charge in [0.1, 0.15) is 0 Å². The van der Waals surface area contributed by atoms with E-state index >= 15 is 0 Å². The Morgan fingerprint density at radius 3 is 2.59 bits per heavy atom. The van der Waals surface area contributed by atoms with Crippen LogP contribution in [0.3, 0.4) is 0 Å². The van der Waals surface area contributed by atoms with Crippen LogP contribution in [-0.4, -0.2) is 40.7 Å². The standard InChI is InChI=1S/C30H29N3O3S/c1-20(2)36-26-14-13-21(17-27(26)35-3)18-28-29(34)33(30(37-28)32-23-9-5-4-6-10-23)16-15-22-19-31-25-12-8-7-11-24(22)25/h4-14,17-20,31H,15-16H2,1-3H3/b28-18+,32-30?. The third kappa shape index (κ3) is 5.57. The summed E-state index contributed by atoms with van der Waals surface area (Å²) in [7, 11) is 1.62. The molecule has 1 saturated heterocycles. The number of nitrogens with zero attached hydrogens (tertiary/aromatic N) is 2. The summed E-state index contributed by atoms with van der Waals surface area (Å²) in [5.41, 5.74) is 3.95. The summed E-state index contributed by atoms with van der Waals surface area (Å²) < 4.78 is 11.4. The summed E-state index contributed by atoms with van der Waals surface area (Å²) in [6.07, 6.45) is 4.66. The largest absolute Gasteiger partial charge is 0.493 e. The second-order valence-electron chi connectivity index (χ2n) is 8.98. The van der Waals surface area contributed by atoms with Crippen LogP contribution < -0.4 is 9.47 Å². The Hall–Kier alpha value is -3.97. The van der Waals surface area contributed by atoms with Crippen LogP contribution in [0.15, 0.2) is 88.9 Å². The zero-order valence-electron chi connectivity index (χ0n) is 21.1. The number of benzene rings is 3.